The summed E-state index contributed by atoms with van der Waals surface area (Å²) in [7, 11) is 0. The smallest absolute Gasteiger partial charge is 0.249 e. The molecule has 1 amide bonds. The molecule has 1 aromatic carbocycles. The lowest BCUT2D eigenvalue weighted by atomic mass is 10.1. The molecule has 2 aliphatic rings. The zero-order valence-corrected chi connectivity index (χ0v) is 10.8. The monoisotopic (exact) mass is 299 g/mol. The molecule has 0 aromatic heterocycles. The van der Waals surface area contributed by atoms with Crippen LogP contribution in [0.1, 0.15) is 24.1 Å². The molecule has 17 heavy (non-hydrogen) atoms. The molecule has 1 saturated heterocycles. The molecule has 5 heteroatoms. The number of halogens is 2. The van der Waals surface area contributed by atoms with Gasteiger partial charge in [-0.2, -0.15) is 0 Å². The van der Waals surface area contributed by atoms with E-state index in [1.165, 1.54) is 0 Å². The highest BCUT2D eigenvalue weighted by molar-refractivity contribution is 9.10. The summed E-state index contributed by atoms with van der Waals surface area (Å²) in [6.45, 7) is 1.71. The highest BCUT2D eigenvalue weighted by atomic mass is 79.9. The summed E-state index contributed by atoms with van der Waals surface area (Å²) in [6, 6.07) is 3.30. The minimum absolute atomic E-state index is 0.137. The van der Waals surface area contributed by atoms with Crippen molar-refractivity contribution in [3.8, 4) is 0 Å². The SMILES string of the molecule is CC1O[C@@H]2Cc3c(ccc(Br)c3F)[C@@H]2NC1=O. The predicted molar refractivity (Wildman–Crippen MR) is 63.0 cm³/mol. The molecule has 3 rings (SSSR count). The van der Waals surface area contributed by atoms with E-state index in [4.69, 9.17) is 4.74 Å². The Morgan fingerprint density at radius 1 is 1.53 bits per heavy atom. The second kappa shape index (κ2) is 3.78. The molecule has 1 aliphatic carbocycles. The van der Waals surface area contributed by atoms with Crippen LogP contribution in [0.4, 0.5) is 4.39 Å². The summed E-state index contributed by atoms with van der Waals surface area (Å²) in [4.78, 5) is 11.6. The van der Waals surface area contributed by atoms with Crippen molar-refractivity contribution in [1.82, 2.24) is 5.32 Å². The number of ether oxygens (including phenoxy) is 1. The third-order valence-corrected chi connectivity index (χ3v) is 4.00. The van der Waals surface area contributed by atoms with Gasteiger partial charge < -0.3 is 10.1 Å². The van der Waals surface area contributed by atoms with Gasteiger partial charge in [0.05, 0.1) is 16.6 Å². The summed E-state index contributed by atoms with van der Waals surface area (Å²) in [5, 5.41) is 2.89. The number of amides is 1. The van der Waals surface area contributed by atoms with Crippen molar-refractivity contribution in [3.05, 3.63) is 33.5 Å². The van der Waals surface area contributed by atoms with Crippen LogP contribution in [0, 0.1) is 5.82 Å². The first-order valence-corrected chi connectivity index (χ1v) is 6.30. The zero-order valence-electron chi connectivity index (χ0n) is 9.17. The minimum Gasteiger partial charge on any atom is -0.363 e. The van der Waals surface area contributed by atoms with Gasteiger partial charge in [0.25, 0.3) is 0 Å². The van der Waals surface area contributed by atoms with Crippen LogP contribution in [0.5, 0.6) is 0 Å². The van der Waals surface area contributed by atoms with Crippen LogP contribution < -0.4 is 5.32 Å². The molecule has 0 saturated carbocycles. The first-order chi connectivity index (χ1) is 8.08. The van der Waals surface area contributed by atoms with Gasteiger partial charge in [-0.25, -0.2) is 4.39 Å². The second-order valence-electron chi connectivity index (χ2n) is 4.44. The van der Waals surface area contributed by atoms with Crippen LogP contribution in [0.15, 0.2) is 16.6 Å². The van der Waals surface area contributed by atoms with Gasteiger partial charge in [0.2, 0.25) is 5.91 Å². The van der Waals surface area contributed by atoms with Gasteiger partial charge in [0.1, 0.15) is 11.9 Å². The number of carbonyl (C=O) groups excluding carboxylic acids is 1. The lowest BCUT2D eigenvalue weighted by molar-refractivity contribution is -0.146. The molecule has 3 atom stereocenters. The molecule has 1 N–H and O–H groups in total. The number of morpholine rings is 1. The van der Waals surface area contributed by atoms with Crippen LogP contribution in [-0.2, 0) is 16.0 Å². The van der Waals surface area contributed by atoms with E-state index < -0.39 is 6.10 Å². The Balaban J connectivity index is 2.03. The van der Waals surface area contributed by atoms with E-state index >= 15 is 0 Å². The van der Waals surface area contributed by atoms with Gasteiger partial charge in [0.15, 0.2) is 0 Å². The Hall–Kier alpha value is -0.940. The molecule has 1 fully saturated rings. The average molecular weight is 300 g/mol. The fraction of sp³-hybridized carbons (Fsp3) is 0.417. The molecule has 0 bridgehead atoms. The van der Waals surface area contributed by atoms with Gasteiger partial charge in [0, 0.05) is 6.42 Å². The predicted octanol–water partition coefficient (Wildman–Crippen LogP) is 2.09. The van der Waals surface area contributed by atoms with E-state index in [0.717, 1.165) is 5.56 Å². The van der Waals surface area contributed by atoms with E-state index in [1.807, 2.05) is 6.07 Å². The second-order valence-corrected chi connectivity index (χ2v) is 5.29. The van der Waals surface area contributed by atoms with Crippen LogP contribution >= 0.6 is 15.9 Å². The van der Waals surface area contributed by atoms with Crippen molar-refractivity contribution in [2.75, 3.05) is 0 Å². The molecule has 1 aromatic rings. The fourth-order valence-corrected chi connectivity index (χ4v) is 2.89. The maximum Gasteiger partial charge on any atom is 0.249 e. The van der Waals surface area contributed by atoms with Crippen molar-refractivity contribution >= 4 is 21.8 Å². The summed E-state index contributed by atoms with van der Waals surface area (Å²) >= 11 is 3.17. The van der Waals surface area contributed by atoms with Gasteiger partial charge >= 0.3 is 0 Å². The zero-order chi connectivity index (χ0) is 12.2. The molecule has 3 nitrogen and oxygen atoms in total. The molecule has 0 spiro atoms. The van der Waals surface area contributed by atoms with Crippen molar-refractivity contribution in [2.45, 2.75) is 31.6 Å². The first kappa shape index (κ1) is 11.2. The summed E-state index contributed by atoms with van der Waals surface area (Å²) in [6.07, 6.45) is -0.103. The Morgan fingerprint density at radius 2 is 2.29 bits per heavy atom. The van der Waals surface area contributed by atoms with E-state index in [-0.39, 0.29) is 23.9 Å². The van der Waals surface area contributed by atoms with Gasteiger partial charge in [-0.1, -0.05) is 6.07 Å². The Labute approximate surface area is 106 Å². The topological polar surface area (TPSA) is 38.3 Å². The lowest BCUT2D eigenvalue weighted by Crippen LogP contribution is -2.48. The molecule has 0 radical (unpaired) electrons. The lowest BCUT2D eigenvalue weighted by Gasteiger charge is -2.31. The number of nitrogens with one attached hydrogen (secondary N) is 1. The third-order valence-electron chi connectivity index (χ3n) is 3.39. The van der Waals surface area contributed by atoms with Crippen molar-refractivity contribution in [2.24, 2.45) is 0 Å². The molecule has 1 aliphatic heterocycles. The summed E-state index contributed by atoms with van der Waals surface area (Å²) < 4.78 is 20.0. The molecule has 1 heterocycles. The van der Waals surface area contributed by atoms with Crippen LogP contribution in [0.3, 0.4) is 0 Å². The summed E-state index contributed by atoms with van der Waals surface area (Å²) in [5.74, 6) is -0.384. The van der Waals surface area contributed by atoms with Gasteiger partial charge in [-0.05, 0) is 40.0 Å². The van der Waals surface area contributed by atoms with E-state index in [1.54, 1.807) is 13.0 Å². The third kappa shape index (κ3) is 1.60. The first-order valence-electron chi connectivity index (χ1n) is 5.50. The van der Waals surface area contributed by atoms with Crippen LogP contribution in [0.2, 0.25) is 0 Å². The maximum absolute atomic E-state index is 13.9. The normalized spacial score (nSPS) is 30.8. The Morgan fingerprint density at radius 3 is 3.06 bits per heavy atom. The molecular weight excluding hydrogens is 289 g/mol. The number of benzene rings is 1. The average Bonchev–Trinajstić information content (AvgIpc) is 2.63. The van der Waals surface area contributed by atoms with Gasteiger partial charge in [-0.3, -0.25) is 4.79 Å². The Bertz CT molecular complexity index is 506. The van der Waals surface area contributed by atoms with Gasteiger partial charge in [-0.15, -0.1) is 0 Å². The number of hydrogen-bond acceptors (Lipinski definition) is 2. The van der Waals surface area contributed by atoms with Crippen molar-refractivity contribution < 1.29 is 13.9 Å². The number of hydrogen-bond donors (Lipinski definition) is 1. The Kier molecular flexibility index (Phi) is 2.48. The van der Waals surface area contributed by atoms with E-state index in [2.05, 4.69) is 21.2 Å². The van der Waals surface area contributed by atoms with Crippen molar-refractivity contribution in [3.63, 3.8) is 0 Å². The molecule has 1 unspecified atom stereocenters. The minimum atomic E-state index is -0.461. The van der Waals surface area contributed by atoms with E-state index in [0.29, 0.717) is 16.5 Å². The van der Waals surface area contributed by atoms with Crippen molar-refractivity contribution in [1.29, 1.82) is 0 Å². The quantitative estimate of drug-likeness (QED) is 0.797. The highest BCUT2D eigenvalue weighted by Crippen LogP contribution is 2.39. The largest absolute Gasteiger partial charge is 0.363 e. The van der Waals surface area contributed by atoms with Crippen LogP contribution in [0.25, 0.3) is 0 Å². The number of fused-ring (bicyclic) bond motifs is 3. The fourth-order valence-electron chi connectivity index (χ4n) is 2.52. The maximum atomic E-state index is 13.9. The summed E-state index contributed by atoms with van der Waals surface area (Å²) in [5.41, 5.74) is 1.47. The number of rotatable bonds is 0. The highest BCUT2D eigenvalue weighted by Gasteiger charge is 2.42. The van der Waals surface area contributed by atoms with Crippen LogP contribution in [-0.4, -0.2) is 18.1 Å². The van der Waals surface area contributed by atoms with E-state index in [9.17, 15) is 9.18 Å². The standard InChI is InChI=1S/C12H11BrFNO2/c1-5-12(16)15-11-6-2-3-8(13)10(14)7(6)4-9(11)17-5/h2-3,5,9,11H,4H2,1H3,(H,15,16)/t5?,9-,11+/m1/s1. The molecular formula is C12H11BrFNO2. The number of carbonyl (C=O) groups is 1. The molecule has 90 valence electrons.